The second-order valence-corrected chi connectivity index (χ2v) is 3.86. The lowest BCUT2D eigenvalue weighted by molar-refractivity contribution is 0.470. The minimum absolute atomic E-state index is 0.0197. The molecule has 17 heavy (non-hydrogen) atoms. The highest BCUT2D eigenvalue weighted by Gasteiger charge is 2.04. The predicted octanol–water partition coefficient (Wildman–Crippen LogP) is 1.82. The average Bonchev–Trinajstić information content (AvgIpc) is 2.27. The highest BCUT2D eigenvalue weighted by atomic mass is 35.5. The van der Waals surface area contributed by atoms with Gasteiger partial charge in [0.1, 0.15) is 5.75 Å². The number of aromatic amines is 2. The van der Waals surface area contributed by atoms with Crippen LogP contribution < -0.4 is 16.0 Å². The summed E-state index contributed by atoms with van der Waals surface area (Å²) < 4.78 is 5.33. The van der Waals surface area contributed by atoms with Crippen LogP contribution in [0.5, 0.6) is 11.5 Å². The van der Waals surface area contributed by atoms with E-state index in [4.69, 9.17) is 16.3 Å². The molecule has 0 aliphatic heterocycles. The summed E-state index contributed by atoms with van der Waals surface area (Å²) in [4.78, 5) is 26.6. The number of hydrogen-bond donors (Lipinski definition) is 2. The van der Waals surface area contributed by atoms with E-state index in [0.29, 0.717) is 10.8 Å². The number of H-pyrrole nitrogens is 2. The van der Waals surface area contributed by atoms with Crippen LogP contribution in [0, 0.1) is 6.92 Å². The molecular weight excluding hydrogens is 244 g/mol. The van der Waals surface area contributed by atoms with Crippen LogP contribution in [0.25, 0.3) is 0 Å². The van der Waals surface area contributed by atoms with Gasteiger partial charge in [0, 0.05) is 5.02 Å². The molecule has 0 unspecified atom stereocenters. The van der Waals surface area contributed by atoms with E-state index in [-0.39, 0.29) is 5.75 Å². The smallest absolute Gasteiger partial charge is 0.325 e. The predicted molar refractivity (Wildman–Crippen MR) is 63.9 cm³/mol. The Balaban J connectivity index is 2.35. The van der Waals surface area contributed by atoms with Crippen molar-refractivity contribution in [3.8, 4) is 11.5 Å². The molecule has 5 nitrogen and oxygen atoms in total. The average molecular weight is 253 g/mol. The van der Waals surface area contributed by atoms with Crippen molar-refractivity contribution in [3.05, 3.63) is 55.8 Å². The summed E-state index contributed by atoms with van der Waals surface area (Å²) in [6.45, 7) is 1.83. The van der Waals surface area contributed by atoms with E-state index < -0.39 is 11.2 Å². The number of halogens is 1. The van der Waals surface area contributed by atoms with Gasteiger partial charge in [0.25, 0.3) is 5.56 Å². The van der Waals surface area contributed by atoms with E-state index in [9.17, 15) is 9.59 Å². The third-order valence-corrected chi connectivity index (χ3v) is 2.57. The van der Waals surface area contributed by atoms with Gasteiger partial charge in [-0.1, -0.05) is 11.6 Å². The summed E-state index contributed by atoms with van der Waals surface area (Å²) in [6, 6.07) is 5.01. The monoisotopic (exact) mass is 252 g/mol. The van der Waals surface area contributed by atoms with Crippen LogP contribution >= 0.6 is 11.6 Å². The molecule has 2 aromatic rings. The summed E-state index contributed by atoms with van der Waals surface area (Å²) in [5, 5.41) is 0.618. The fraction of sp³-hybridized carbons (Fsp3) is 0.0909. The molecule has 1 aromatic heterocycles. The molecule has 0 saturated carbocycles. The molecule has 1 aromatic carbocycles. The molecule has 2 rings (SSSR count). The fourth-order valence-corrected chi connectivity index (χ4v) is 1.40. The number of hydrogen-bond acceptors (Lipinski definition) is 3. The summed E-state index contributed by atoms with van der Waals surface area (Å²) in [5.41, 5.74) is -0.319. The quantitative estimate of drug-likeness (QED) is 0.856. The Hall–Kier alpha value is -2.01. The maximum atomic E-state index is 11.4. The van der Waals surface area contributed by atoms with Gasteiger partial charge in [-0.25, -0.2) is 4.79 Å². The molecule has 88 valence electrons. The summed E-state index contributed by atoms with van der Waals surface area (Å²) in [6.07, 6.45) is 1.21. The van der Waals surface area contributed by atoms with Gasteiger partial charge >= 0.3 is 5.69 Å². The van der Waals surface area contributed by atoms with E-state index in [0.717, 1.165) is 5.56 Å². The lowest BCUT2D eigenvalue weighted by Crippen LogP contribution is -2.21. The first-order chi connectivity index (χ1) is 8.06. The van der Waals surface area contributed by atoms with Gasteiger partial charge in [-0.2, -0.15) is 0 Å². The highest BCUT2D eigenvalue weighted by Crippen LogP contribution is 2.23. The van der Waals surface area contributed by atoms with Crippen LogP contribution in [-0.4, -0.2) is 9.97 Å². The summed E-state index contributed by atoms with van der Waals surface area (Å²) >= 11 is 5.86. The zero-order valence-corrected chi connectivity index (χ0v) is 9.67. The van der Waals surface area contributed by atoms with Gasteiger partial charge in [0.05, 0.1) is 6.20 Å². The minimum Gasteiger partial charge on any atom is -0.450 e. The van der Waals surface area contributed by atoms with E-state index >= 15 is 0 Å². The number of nitrogens with one attached hydrogen (secondary N) is 2. The van der Waals surface area contributed by atoms with Crippen LogP contribution in [0.3, 0.4) is 0 Å². The van der Waals surface area contributed by atoms with Crippen molar-refractivity contribution >= 4 is 11.6 Å². The van der Waals surface area contributed by atoms with Crippen molar-refractivity contribution in [1.82, 2.24) is 9.97 Å². The van der Waals surface area contributed by atoms with E-state index in [1.165, 1.54) is 6.20 Å². The van der Waals surface area contributed by atoms with Crippen LogP contribution in [0.15, 0.2) is 34.0 Å². The summed E-state index contributed by atoms with van der Waals surface area (Å²) in [7, 11) is 0. The van der Waals surface area contributed by atoms with Gasteiger partial charge < -0.3 is 9.72 Å². The van der Waals surface area contributed by atoms with Crippen molar-refractivity contribution in [1.29, 1.82) is 0 Å². The van der Waals surface area contributed by atoms with Crippen molar-refractivity contribution in [2.45, 2.75) is 6.92 Å². The van der Waals surface area contributed by atoms with Gasteiger partial charge in [-0.3, -0.25) is 9.78 Å². The first kappa shape index (κ1) is 11.5. The molecule has 0 saturated heterocycles. The number of aromatic nitrogens is 2. The Kier molecular flexibility index (Phi) is 3.01. The molecule has 6 heteroatoms. The van der Waals surface area contributed by atoms with Crippen molar-refractivity contribution < 1.29 is 4.74 Å². The zero-order valence-electron chi connectivity index (χ0n) is 8.91. The van der Waals surface area contributed by atoms with Gasteiger partial charge in [0.15, 0.2) is 0 Å². The maximum absolute atomic E-state index is 11.4. The molecule has 0 aliphatic rings. The third kappa shape index (κ3) is 2.57. The molecule has 0 amide bonds. The Labute approximate surface area is 101 Å². The SMILES string of the molecule is Cc1cc(Oc2c[nH]c(=O)[nH]c2=O)ccc1Cl. The van der Waals surface area contributed by atoms with Gasteiger partial charge in [0.2, 0.25) is 5.75 Å². The standard InChI is InChI=1S/C11H9ClN2O3/c1-6-4-7(2-3-8(6)12)17-9-5-13-11(16)14-10(9)15/h2-5H,1H3,(H2,13,14,15,16). The summed E-state index contributed by atoms with van der Waals surface area (Å²) in [5.74, 6) is 0.496. The lowest BCUT2D eigenvalue weighted by atomic mass is 10.2. The lowest BCUT2D eigenvalue weighted by Gasteiger charge is -2.05. The largest absolute Gasteiger partial charge is 0.450 e. The molecule has 1 heterocycles. The Morgan fingerprint density at radius 2 is 2.06 bits per heavy atom. The van der Waals surface area contributed by atoms with E-state index in [1.807, 2.05) is 6.92 Å². The highest BCUT2D eigenvalue weighted by molar-refractivity contribution is 6.31. The minimum atomic E-state index is -0.582. The maximum Gasteiger partial charge on any atom is 0.325 e. The van der Waals surface area contributed by atoms with Crippen molar-refractivity contribution in [2.24, 2.45) is 0 Å². The van der Waals surface area contributed by atoms with E-state index in [2.05, 4.69) is 9.97 Å². The fourth-order valence-electron chi connectivity index (χ4n) is 1.28. The first-order valence-electron chi connectivity index (χ1n) is 4.82. The normalized spacial score (nSPS) is 10.2. The molecule has 0 fully saturated rings. The first-order valence-corrected chi connectivity index (χ1v) is 5.20. The number of aryl methyl sites for hydroxylation is 1. The topological polar surface area (TPSA) is 75.0 Å². The third-order valence-electron chi connectivity index (χ3n) is 2.14. The van der Waals surface area contributed by atoms with Crippen LogP contribution in [0.2, 0.25) is 5.02 Å². The second kappa shape index (κ2) is 4.47. The molecule has 0 radical (unpaired) electrons. The Bertz CT molecular complexity index is 660. The van der Waals surface area contributed by atoms with Crippen molar-refractivity contribution in [3.63, 3.8) is 0 Å². The van der Waals surface area contributed by atoms with Gasteiger partial charge in [-0.15, -0.1) is 0 Å². The second-order valence-electron chi connectivity index (χ2n) is 3.45. The molecule has 0 bridgehead atoms. The van der Waals surface area contributed by atoms with Crippen LogP contribution in [0.1, 0.15) is 5.56 Å². The molecule has 0 aliphatic carbocycles. The van der Waals surface area contributed by atoms with Crippen molar-refractivity contribution in [2.75, 3.05) is 0 Å². The number of ether oxygens (including phenoxy) is 1. The molecule has 0 spiro atoms. The Morgan fingerprint density at radius 1 is 1.29 bits per heavy atom. The molecule has 0 atom stereocenters. The van der Waals surface area contributed by atoms with Crippen LogP contribution in [-0.2, 0) is 0 Å². The number of rotatable bonds is 2. The molecular formula is C11H9ClN2O3. The molecule has 2 N–H and O–H groups in total. The zero-order chi connectivity index (χ0) is 12.4. The Morgan fingerprint density at radius 3 is 2.71 bits per heavy atom. The van der Waals surface area contributed by atoms with Crippen LogP contribution in [0.4, 0.5) is 0 Å². The van der Waals surface area contributed by atoms with E-state index in [1.54, 1.807) is 18.2 Å². The van der Waals surface area contributed by atoms with Gasteiger partial charge in [-0.05, 0) is 30.7 Å². The number of benzene rings is 1.